The molecule has 0 unspecified atom stereocenters. The van der Waals surface area contributed by atoms with E-state index in [1.54, 1.807) is 0 Å². The van der Waals surface area contributed by atoms with Gasteiger partial charge < -0.3 is 15.4 Å². The largest absolute Gasteiger partial charge is 0.467 e. The molecule has 2 rings (SSSR count). The van der Waals surface area contributed by atoms with E-state index in [-0.39, 0.29) is 0 Å². The van der Waals surface area contributed by atoms with Crippen molar-refractivity contribution < 1.29 is 31.9 Å². The van der Waals surface area contributed by atoms with E-state index < -0.39 is 40.8 Å². The SMILES string of the molecule is COC(=O)C1(NC(=O)Nc2cc(C(F)(F)F)ccc2F)CC1. The molecule has 0 radical (unpaired) electrons. The number of alkyl halides is 3. The number of carbonyl (C=O) groups excluding carboxylic acids is 2. The van der Waals surface area contributed by atoms with Crippen LogP contribution in [-0.4, -0.2) is 24.6 Å². The number of urea groups is 1. The Bertz CT molecular complexity index is 612. The summed E-state index contributed by atoms with van der Waals surface area (Å²) >= 11 is 0. The van der Waals surface area contributed by atoms with E-state index >= 15 is 0 Å². The quantitative estimate of drug-likeness (QED) is 0.665. The van der Waals surface area contributed by atoms with Crippen LogP contribution >= 0.6 is 0 Å². The van der Waals surface area contributed by atoms with Gasteiger partial charge in [0.15, 0.2) is 0 Å². The average molecular weight is 320 g/mol. The van der Waals surface area contributed by atoms with Gasteiger partial charge in [0, 0.05) is 0 Å². The number of esters is 1. The number of carbonyl (C=O) groups is 2. The standard InChI is InChI=1S/C13H12F4N2O3/c1-22-10(20)12(4-5-12)19-11(21)18-9-6-7(13(15,16)17)2-3-8(9)14/h2-3,6H,4-5H2,1H3,(H2,18,19,21). The van der Waals surface area contributed by atoms with Crippen LogP contribution in [-0.2, 0) is 15.7 Å². The summed E-state index contributed by atoms with van der Waals surface area (Å²) in [6.45, 7) is 0. The van der Waals surface area contributed by atoms with Gasteiger partial charge in [-0.15, -0.1) is 0 Å². The van der Waals surface area contributed by atoms with E-state index in [9.17, 15) is 27.2 Å². The van der Waals surface area contributed by atoms with Gasteiger partial charge in [0.25, 0.3) is 0 Å². The molecule has 1 aliphatic rings. The summed E-state index contributed by atoms with van der Waals surface area (Å²) in [7, 11) is 1.15. The van der Waals surface area contributed by atoms with Gasteiger partial charge in [-0.2, -0.15) is 13.2 Å². The van der Waals surface area contributed by atoms with Gasteiger partial charge in [0.05, 0.1) is 18.4 Å². The van der Waals surface area contributed by atoms with Gasteiger partial charge in [0.1, 0.15) is 11.4 Å². The molecule has 0 spiro atoms. The van der Waals surface area contributed by atoms with Crippen LogP contribution < -0.4 is 10.6 Å². The maximum absolute atomic E-state index is 13.5. The van der Waals surface area contributed by atoms with E-state index in [0.29, 0.717) is 31.0 Å². The van der Waals surface area contributed by atoms with Crippen molar-refractivity contribution in [3.05, 3.63) is 29.6 Å². The average Bonchev–Trinajstić information content (AvgIpc) is 3.19. The van der Waals surface area contributed by atoms with E-state index in [0.717, 1.165) is 7.11 Å². The summed E-state index contributed by atoms with van der Waals surface area (Å²) in [5, 5.41) is 4.24. The monoisotopic (exact) mass is 320 g/mol. The second-order valence-electron chi connectivity index (χ2n) is 4.85. The van der Waals surface area contributed by atoms with Crippen LogP contribution in [0.15, 0.2) is 18.2 Å². The summed E-state index contributed by atoms with van der Waals surface area (Å²) in [6, 6.07) is 0.661. The molecule has 1 aromatic carbocycles. The smallest absolute Gasteiger partial charge is 0.416 e. The third-order valence-corrected chi connectivity index (χ3v) is 3.22. The van der Waals surface area contributed by atoms with Crippen molar-refractivity contribution in [1.29, 1.82) is 0 Å². The Labute approximate surface area is 122 Å². The van der Waals surface area contributed by atoms with Crippen molar-refractivity contribution >= 4 is 17.7 Å². The number of amides is 2. The zero-order chi connectivity index (χ0) is 16.5. The van der Waals surface area contributed by atoms with Gasteiger partial charge in [0.2, 0.25) is 0 Å². The Balaban J connectivity index is 2.11. The second kappa shape index (κ2) is 5.47. The highest BCUT2D eigenvalue weighted by Crippen LogP contribution is 2.37. The Morgan fingerprint density at radius 1 is 1.27 bits per heavy atom. The lowest BCUT2D eigenvalue weighted by atomic mass is 10.2. The highest BCUT2D eigenvalue weighted by molar-refractivity contribution is 5.96. The number of benzene rings is 1. The number of methoxy groups -OCH3 is 1. The molecular weight excluding hydrogens is 308 g/mol. The number of anilines is 1. The number of hydrogen-bond donors (Lipinski definition) is 2. The Morgan fingerprint density at radius 2 is 1.91 bits per heavy atom. The Morgan fingerprint density at radius 3 is 2.41 bits per heavy atom. The molecule has 0 atom stereocenters. The molecule has 0 aliphatic heterocycles. The molecule has 5 nitrogen and oxygen atoms in total. The first-order chi connectivity index (χ1) is 10.2. The van der Waals surface area contributed by atoms with Crippen molar-refractivity contribution in [3.63, 3.8) is 0 Å². The van der Waals surface area contributed by atoms with Crippen molar-refractivity contribution in [2.24, 2.45) is 0 Å². The predicted octanol–water partition coefficient (Wildman–Crippen LogP) is 2.67. The molecule has 22 heavy (non-hydrogen) atoms. The lowest BCUT2D eigenvalue weighted by Gasteiger charge is -2.16. The number of nitrogens with one attached hydrogen (secondary N) is 2. The molecule has 1 fully saturated rings. The van der Waals surface area contributed by atoms with Crippen LogP contribution in [0.25, 0.3) is 0 Å². The zero-order valence-corrected chi connectivity index (χ0v) is 11.4. The van der Waals surface area contributed by atoms with E-state index in [4.69, 9.17) is 0 Å². The Hall–Kier alpha value is -2.32. The maximum atomic E-state index is 13.5. The topological polar surface area (TPSA) is 67.4 Å². The maximum Gasteiger partial charge on any atom is 0.416 e. The molecular formula is C13H12F4N2O3. The molecule has 0 aromatic heterocycles. The van der Waals surface area contributed by atoms with Crippen LogP contribution in [0, 0.1) is 5.82 Å². The molecule has 120 valence electrons. The highest BCUT2D eigenvalue weighted by Gasteiger charge is 2.52. The summed E-state index contributed by atoms with van der Waals surface area (Å²) in [6.07, 6.45) is -3.97. The molecule has 2 amide bonds. The van der Waals surface area contributed by atoms with E-state index in [2.05, 4.69) is 10.1 Å². The van der Waals surface area contributed by atoms with Crippen LogP contribution in [0.5, 0.6) is 0 Å². The zero-order valence-electron chi connectivity index (χ0n) is 11.4. The molecule has 1 aliphatic carbocycles. The number of halogens is 4. The van der Waals surface area contributed by atoms with Crippen molar-refractivity contribution in [3.8, 4) is 0 Å². The van der Waals surface area contributed by atoms with Crippen LogP contribution in [0.1, 0.15) is 18.4 Å². The normalized spacial score (nSPS) is 15.9. The summed E-state index contributed by atoms with van der Waals surface area (Å²) in [4.78, 5) is 23.2. The van der Waals surface area contributed by atoms with Crippen LogP contribution in [0.3, 0.4) is 0 Å². The number of ether oxygens (including phenoxy) is 1. The fraction of sp³-hybridized carbons (Fsp3) is 0.385. The van der Waals surface area contributed by atoms with Gasteiger partial charge >= 0.3 is 18.2 Å². The molecule has 0 saturated heterocycles. The van der Waals surface area contributed by atoms with E-state index in [1.807, 2.05) is 5.32 Å². The fourth-order valence-corrected chi connectivity index (χ4v) is 1.87. The van der Waals surface area contributed by atoms with Gasteiger partial charge in [-0.1, -0.05) is 0 Å². The summed E-state index contributed by atoms with van der Waals surface area (Å²) in [5.41, 5.74) is -2.91. The van der Waals surface area contributed by atoms with Crippen LogP contribution in [0.4, 0.5) is 28.0 Å². The van der Waals surface area contributed by atoms with E-state index in [1.165, 1.54) is 0 Å². The predicted molar refractivity (Wildman–Crippen MR) is 67.5 cm³/mol. The highest BCUT2D eigenvalue weighted by atomic mass is 19.4. The van der Waals surface area contributed by atoms with Gasteiger partial charge in [-0.25, -0.2) is 14.0 Å². The minimum absolute atomic E-state index is 0.345. The molecule has 0 heterocycles. The number of hydrogen-bond acceptors (Lipinski definition) is 3. The third kappa shape index (κ3) is 3.29. The van der Waals surface area contributed by atoms with Gasteiger partial charge in [-0.05, 0) is 31.0 Å². The third-order valence-electron chi connectivity index (χ3n) is 3.22. The van der Waals surface area contributed by atoms with Gasteiger partial charge in [-0.3, -0.25) is 0 Å². The molecule has 2 N–H and O–H groups in total. The summed E-state index contributed by atoms with van der Waals surface area (Å²) in [5.74, 6) is -1.68. The van der Waals surface area contributed by atoms with Crippen molar-refractivity contribution in [2.45, 2.75) is 24.6 Å². The second-order valence-corrected chi connectivity index (χ2v) is 4.85. The molecule has 1 aromatic rings. The first-order valence-corrected chi connectivity index (χ1v) is 6.22. The fourth-order valence-electron chi connectivity index (χ4n) is 1.87. The molecule has 1 saturated carbocycles. The minimum Gasteiger partial charge on any atom is -0.467 e. The Kier molecular flexibility index (Phi) is 3.99. The van der Waals surface area contributed by atoms with Crippen LogP contribution in [0.2, 0.25) is 0 Å². The minimum atomic E-state index is -4.66. The summed E-state index contributed by atoms with van der Waals surface area (Å²) < 4.78 is 55.7. The lowest BCUT2D eigenvalue weighted by molar-refractivity contribution is -0.144. The molecule has 9 heteroatoms. The van der Waals surface area contributed by atoms with Crippen molar-refractivity contribution in [1.82, 2.24) is 5.32 Å². The number of rotatable bonds is 3. The lowest BCUT2D eigenvalue weighted by Crippen LogP contribution is -2.45. The molecule has 0 bridgehead atoms. The first-order valence-electron chi connectivity index (χ1n) is 6.22. The first kappa shape index (κ1) is 16.1. The van der Waals surface area contributed by atoms with Crippen molar-refractivity contribution in [2.75, 3.05) is 12.4 Å².